The number of para-hydroxylation sites is 1. The summed E-state index contributed by atoms with van der Waals surface area (Å²) in [5, 5.41) is 12.8. The predicted octanol–water partition coefficient (Wildman–Crippen LogP) is 14.6. The van der Waals surface area contributed by atoms with E-state index in [2.05, 4.69) is 72.1 Å². The Morgan fingerprint density at radius 2 is 1.42 bits per heavy atom. The first-order valence-electron chi connectivity index (χ1n) is 28.3. The van der Waals surface area contributed by atoms with Crippen molar-refractivity contribution < 1.29 is 37.2 Å². The molecule has 11 rings (SSSR count). The van der Waals surface area contributed by atoms with Gasteiger partial charge in [-0.25, -0.2) is 9.59 Å². The molecule has 0 saturated heterocycles. The van der Waals surface area contributed by atoms with Crippen molar-refractivity contribution in [2.45, 2.75) is 131 Å². The third kappa shape index (κ3) is 10.2. The first-order valence-corrected chi connectivity index (χ1v) is 28.3. The lowest BCUT2D eigenvalue weighted by atomic mass is 9.82. The van der Waals surface area contributed by atoms with Gasteiger partial charge in [0, 0.05) is 46.8 Å². The second-order valence-electron chi connectivity index (χ2n) is 20.6. The molecule has 0 saturated carbocycles. The predicted molar refractivity (Wildman–Crippen MR) is 313 cm³/mol. The first-order chi connectivity index (χ1) is 38.0. The van der Waals surface area contributed by atoms with Gasteiger partial charge in [-0.05, 0) is 210 Å². The van der Waals surface area contributed by atoms with E-state index >= 15 is 8.63 Å². The molecule has 1 aromatic heterocycles. The van der Waals surface area contributed by atoms with E-state index in [-0.39, 0.29) is 31.6 Å². The van der Waals surface area contributed by atoms with Crippen molar-refractivity contribution in [1.29, 1.82) is 0 Å². The summed E-state index contributed by atoms with van der Waals surface area (Å²) >= 11 is 0. The summed E-state index contributed by atoms with van der Waals surface area (Å²) in [6.07, 6.45) is 18.4. The molecule has 3 aliphatic carbocycles. The molecule has 78 heavy (non-hydrogen) atoms. The second-order valence-corrected chi connectivity index (χ2v) is 20.6. The second kappa shape index (κ2) is 23.6. The smallest absolute Gasteiger partial charge is 0.463 e. The molecule has 1 unspecified atom stereocenters. The zero-order valence-electron chi connectivity index (χ0n) is 45.9. The van der Waals surface area contributed by atoms with Crippen LogP contribution in [0.4, 0.5) is 8.63 Å². The molecule has 1 aliphatic heterocycles. The van der Waals surface area contributed by atoms with Crippen LogP contribution in [0.3, 0.4) is 0 Å². The van der Waals surface area contributed by atoms with Crippen molar-refractivity contribution in [2.75, 3.05) is 13.2 Å². The standard InChI is InChI=1S/C65H63BF2N2O6.C2H6/c1-5-74-57(71)35-33-54-46-21-7-9-23-52(46)64(69-54)63(65-53-24-10-8-22-47(53)55(70(65)66(67)68)34-36-58(72)75-6-2)60-39(3)37-43(38-40(60)4)44-20-11-12-29-56(44)76-59(73)30-15-17-41-31-32-51-49-27-14-19-42-18-13-26-48(61(42)49)50-28-16-25-45(41)62(50)51;1-2/h11-12,14,16,19-20,25-29,31-38,54,69H,5-10,13,15,17-18,21-24,30H2,1-4H3;1-2H3/b35-33+,36-34+,64-63-;. The minimum atomic E-state index is -2.94. The number of halogens is 2. The molecule has 7 aromatic rings. The Hall–Kier alpha value is -7.53. The molecule has 0 spiro atoms. The van der Waals surface area contributed by atoms with Gasteiger partial charge in [-0.2, -0.15) is 0 Å². The van der Waals surface area contributed by atoms with E-state index in [9.17, 15) is 14.4 Å². The van der Waals surface area contributed by atoms with Gasteiger partial charge in [-0.3, -0.25) is 13.4 Å². The Balaban J connectivity index is 0.00000340. The highest BCUT2D eigenvalue weighted by molar-refractivity contribution is 6.42. The van der Waals surface area contributed by atoms with Crippen LogP contribution in [0, 0.1) is 13.8 Å². The molecule has 0 radical (unpaired) electrons. The van der Waals surface area contributed by atoms with Crippen LogP contribution in [0.15, 0.2) is 120 Å². The van der Waals surface area contributed by atoms with Gasteiger partial charge in [0.25, 0.3) is 0 Å². The maximum absolute atomic E-state index is 16.1. The number of rotatable bonds is 15. The number of carbonyl (C=O) groups excluding carboxylic acids is 3. The highest BCUT2D eigenvalue weighted by Gasteiger charge is 2.39. The molecule has 0 fully saturated rings. The average molecular weight is 1050 g/mol. The van der Waals surface area contributed by atoms with Crippen LogP contribution in [-0.4, -0.2) is 49.0 Å². The van der Waals surface area contributed by atoms with Gasteiger partial charge in [-0.1, -0.05) is 105 Å². The number of hydrogen-bond donors (Lipinski definition) is 1. The van der Waals surface area contributed by atoms with Gasteiger partial charge in [0.15, 0.2) is 0 Å². The fraction of sp³-hybridized carbons (Fsp3) is 0.328. The van der Waals surface area contributed by atoms with Crippen LogP contribution in [-0.2, 0) is 49.5 Å². The topological polar surface area (TPSA) is 95.9 Å². The number of nitrogens with one attached hydrogen (secondary N) is 1. The minimum absolute atomic E-state index is 0.166. The lowest BCUT2D eigenvalue weighted by Crippen LogP contribution is -2.25. The van der Waals surface area contributed by atoms with Crippen LogP contribution in [0.25, 0.3) is 61.2 Å². The van der Waals surface area contributed by atoms with Crippen LogP contribution in [0.1, 0.15) is 136 Å². The number of ether oxygens (including phenoxy) is 3. The van der Waals surface area contributed by atoms with E-state index in [1.54, 1.807) is 13.8 Å². The molecule has 6 aromatic carbocycles. The normalized spacial score (nSPS) is 16.4. The Morgan fingerprint density at radius 3 is 2.19 bits per heavy atom. The first kappa shape index (κ1) is 53.9. The fourth-order valence-electron chi connectivity index (χ4n) is 13.0. The van der Waals surface area contributed by atoms with Gasteiger partial charge in [0.1, 0.15) is 5.75 Å². The fourth-order valence-corrected chi connectivity index (χ4v) is 13.0. The van der Waals surface area contributed by atoms with Crippen molar-refractivity contribution >= 4 is 75.4 Å². The van der Waals surface area contributed by atoms with E-state index in [4.69, 9.17) is 14.2 Å². The number of aryl methyl sites for hydroxylation is 4. The number of hydrogen-bond acceptors (Lipinski definition) is 7. The quantitative estimate of drug-likeness (QED) is 0.0273. The largest absolute Gasteiger partial charge is 0.678 e. The lowest BCUT2D eigenvalue weighted by Gasteiger charge is -2.24. The van der Waals surface area contributed by atoms with Gasteiger partial charge < -0.3 is 24.0 Å². The SMILES string of the molecule is CC.CCOC(=O)/C=C/c1c2c(c(/C(=C3\NC(/C=C/C(=O)OCC)C4=C3CCCC4)c3c(C)cc(-c4ccccc4OC(=O)CCCc4ccc5c6cccc7c6c(c6cccc4c65)=CCC7)cc3C)n1B(F)F)CCCC2. The van der Waals surface area contributed by atoms with Crippen molar-refractivity contribution in [3.05, 3.63) is 176 Å². The Labute approximate surface area is 457 Å². The third-order valence-electron chi connectivity index (χ3n) is 16.0. The van der Waals surface area contributed by atoms with Gasteiger partial charge >= 0.3 is 25.3 Å². The minimum Gasteiger partial charge on any atom is -0.463 e. The monoisotopic (exact) mass is 1050 g/mol. The number of benzene rings is 6. The molecule has 1 N–H and O–H groups in total. The summed E-state index contributed by atoms with van der Waals surface area (Å²) in [7, 11) is -2.94. The molecule has 8 nitrogen and oxygen atoms in total. The van der Waals surface area contributed by atoms with E-state index in [0.29, 0.717) is 42.0 Å². The van der Waals surface area contributed by atoms with Crippen LogP contribution in [0.5, 0.6) is 5.75 Å². The van der Waals surface area contributed by atoms with E-state index in [1.807, 2.05) is 58.0 Å². The molecule has 0 bridgehead atoms. The molecule has 1 atom stereocenters. The summed E-state index contributed by atoms with van der Waals surface area (Å²) < 4.78 is 50.1. The Kier molecular flexibility index (Phi) is 16.3. The van der Waals surface area contributed by atoms with Crippen molar-refractivity contribution in [3.63, 3.8) is 0 Å². The Bertz CT molecular complexity index is 3670. The van der Waals surface area contributed by atoms with Crippen molar-refractivity contribution in [3.8, 4) is 16.9 Å². The Morgan fingerprint density at radius 1 is 0.744 bits per heavy atom. The van der Waals surface area contributed by atoms with E-state index in [1.165, 1.54) is 66.9 Å². The maximum Gasteiger partial charge on any atom is 0.678 e. The molecule has 11 heteroatoms. The van der Waals surface area contributed by atoms with Crippen molar-refractivity contribution in [1.82, 2.24) is 9.79 Å². The van der Waals surface area contributed by atoms with Crippen molar-refractivity contribution in [2.24, 2.45) is 0 Å². The van der Waals surface area contributed by atoms with Crippen LogP contribution in [0.2, 0.25) is 0 Å². The maximum atomic E-state index is 16.1. The molecule has 0 amide bonds. The summed E-state index contributed by atoms with van der Waals surface area (Å²) in [4.78, 5) is 39.3. The number of carbonyl (C=O) groups is 3. The average Bonchev–Trinajstić information content (AvgIpc) is 4.03. The summed E-state index contributed by atoms with van der Waals surface area (Å²) in [6, 6.07) is 29.1. The molecule has 2 heterocycles. The van der Waals surface area contributed by atoms with Gasteiger partial charge in [0.05, 0.1) is 19.3 Å². The third-order valence-corrected chi connectivity index (χ3v) is 16.0. The molecule has 400 valence electrons. The summed E-state index contributed by atoms with van der Waals surface area (Å²) in [6.45, 7) is 11.9. The van der Waals surface area contributed by atoms with Gasteiger partial charge in [0.2, 0.25) is 0 Å². The highest BCUT2D eigenvalue weighted by Crippen LogP contribution is 2.48. The lowest BCUT2D eigenvalue weighted by molar-refractivity contribution is -0.138. The number of fused-ring (bicyclic) bond motifs is 3. The van der Waals surface area contributed by atoms with E-state index < -0.39 is 19.3 Å². The molecule has 4 aliphatic rings. The van der Waals surface area contributed by atoms with Gasteiger partial charge in [-0.15, -0.1) is 0 Å². The summed E-state index contributed by atoms with van der Waals surface area (Å²) in [5.74, 6) is -0.907. The number of aromatic nitrogens is 1. The highest BCUT2D eigenvalue weighted by atomic mass is 19.2. The number of esters is 3. The zero-order chi connectivity index (χ0) is 54.6. The van der Waals surface area contributed by atoms with Crippen LogP contribution >= 0.6 is 0 Å². The summed E-state index contributed by atoms with van der Waals surface area (Å²) in [5.41, 5.74) is 12.7. The number of allylic oxidation sites excluding steroid dienone is 1. The molecular formula is C67H69BF2N2O6. The molecular weight excluding hydrogens is 978 g/mol. The van der Waals surface area contributed by atoms with E-state index in [0.717, 1.165) is 118 Å². The van der Waals surface area contributed by atoms with Crippen LogP contribution < -0.4 is 15.3 Å². The zero-order valence-corrected chi connectivity index (χ0v) is 45.9. The number of nitrogens with zero attached hydrogens (tertiary/aromatic N) is 1.